The normalized spacial score (nSPS) is 12.9. The number of ether oxygens (including phenoxy) is 1. The van der Waals surface area contributed by atoms with Crippen molar-refractivity contribution in [3.05, 3.63) is 65.7 Å². The van der Waals surface area contributed by atoms with Gasteiger partial charge in [-0.25, -0.2) is 13.1 Å². The highest BCUT2D eigenvalue weighted by molar-refractivity contribution is 7.88. The number of hydrogen-bond donors (Lipinski definition) is 1. The Morgan fingerprint density at radius 2 is 1.67 bits per heavy atom. The van der Waals surface area contributed by atoms with Gasteiger partial charge in [0.1, 0.15) is 5.75 Å². The highest BCUT2D eigenvalue weighted by Crippen LogP contribution is 2.18. The number of sulfonamides is 1. The van der Waals surface area contributed by atoms with E-state index in [-0.39, 0.29) is 11.8 Å². The van der Waals surface area contributed by atoms with Crippen molar-refractivity contribution in [2.24, 2.45) is 0 Å². The summed E-state index contributed by atoms with van der Waals surface area (Å²) in [6.45, 7) is 1.82. The van der Waals surface area contributed by atoms with Crippen LogP contribution in [-0.2, 0) is 15.8 Å². The molecule has 2 aromatic rings. The minimum atomic E-state index is -3.38. The zero-order valence-corrected chi connectivity index (χ0v) is 12.9. The van der Waals surface area contributed by atoms with E-state index in [1.54, 1.807) is 19.2 Å². The third kappa shape index (κ3) is 4.58. The van der Waals surface area contributed by atoms with E-state index in [0.29, 0.717) is 0 Å². The molecule has 0 aliphatic carbocycles. The standard InChI is InChI=1S/C16H19NO3S/c1-13(15-8-10-16(20-2)11-9-15)17-21(18,19)12-14-6-4-3-5-7-14/h3-11,13,17H,12H2,1-2H3/t13-/m1/s1. The van der Waals surface area contributed by atoms with Gasteiger partial charge in [0, 0.05) is 6.04 Å². The molecule has 0 aromatic heterocycles. The molecular weight excluding hydrogens is 286 g/mol. The molecule has 0 amide bonds. The van der Waals surface area contributed by atoms with Crippen molar-refractivity contribution in [2.45, 2.75) is 18.7 Å². The van der Waals surface area contributed by atoms with Crippen LogP contribution in [0.1, 0.15) is 24.1 Å². The Balaban J connectivity index is 2.05. The molecule has 2 aromatic carbocycles. The van der Waals surface area contributed by atoms with Gasteiger partial charge in [0.25, 0.3) is 0 Å². The molecule has 5 heteroatoms. The van der Waals surface area contributed by atoms with Crippen LogP contribution >= 0.6 is 0 Å². The van der Waals surface area contributed by atoms with E-state index in [1.165, 1.54) is 0 Å². The molecular formula is C16H19NO3S. The van der Waals surface area contributed by atoms with Gasteiger partial charge in [0.05, 0.1) is 12.9 Å². The van der Waals surface area contributed by atoms with Gasteiger partial charge in [-0.3, -0.25) is 0 Å². The number of hydrogen-bond acceptors (Lipinski definition) is 3. The lowest BCUT2D eigenvalue weighted by atomic mass is 10.1. The summed E-state index contributed by atoms with van der Waals surface area (Å²) in [6, 6.07) is 16.2. The summed E-state index contributed by atoms with van der Waals surface area (Å²) in [5.41, 5.74) is 1.67. The van der Waals surface area contributed by atoms with Gasteiger partial charge in [-0.15, -0.1) is 0 Å². The number of methoxy groups -OCH3 is 1. The molecule has 0 spiro atoms. The molecule has 0 aliphatic rings. The van der Waals surface area contributed by atoms with Crippen LogP contribution in [0.4, 0.5) is 0 Å². The minimum absolute atomic E-state index is 0.0195. The Hall–Kier alpha value is -1.85. The smallest absolute Gasteiger partial charge is 0.216 e. The summed E-state index contributed by atoms with van der Waals surface area (Å²) in [5.74, 6) is 0.729. The Bertz CT molecular complexity index is 666. The van der Waals surface area contributed by atoms with E-state index in [0.717, 1.165) is 16.9 Å². The monoisotopic (exact) mass is 305 g/mol. The fourth-order valence-electron chi connectivity index (χ4n) is 2.07. The quantitative estimate of drug-likeness (QED) is 0.893. The first kappa shape index (κ1) is 15.5. The molecule has 0 bridgehead atoms. The highest BCUT2D eigenvalue weighted by Gasteiger charge is 2.16. The van der Waals surface area contributed by atoms with Crippen molar-refractivity contribution in [1.82, 2.24) is 4.72 Å². The molecule has 0 saturated carbocycles. The van der Waals surface area contributed by atoms with E-state index in [9.17, 15) is 8.42 Å². The maximum atomic E-state index is 12.2. The SMILES string of the molecule is COc1ccc([C@@H](C)NS(=O)(=O)Cc2ccccc2)cc1. The van der Waals surface area contributed by atoms with Crippen LogP contribution in [-0.4, -0.2) is 15.5 Å². The molecule has 0 saturated heterocycles. The average Bonchev–Trinajstić information content (AvgIpc) is 2.47. The molecule has 0 radical (unpaired) electrons. The van der Waals surface area contributed by atoms with Crippen LogP contribution < -0.4 is 9.46 Å². The molecule has 1 atom stereocenters. The van der Waals surface area contributed by atoms with Crippen molar-refractivity contribution in [2.75, 3.05) is 7.11 Å². The predicted molar refractivity (Wildman–Crippen MR) is 83.6 cm³/mol. The lowest BCUT2D eigenvalue weighted by Gasteiger charge is -2.15. The van der Waals surface area contributed by atoms with E-state index in [4.69, 9.17) is 4.74 Å². The molecule has 2 rings (SSSR count). The predicted octanol–water partition coefficient (Wildman–Crippen LogP) is 2.88. The van der Waals surface area contributed by atoms with Crippen LogP contribution in [0.15, 0.2) is 54.6 Å². The Labute approximate surface area is 125 Å². The number of benzene rings is 2. The second kappa shape index (κ2) is 6.74. The fourth-order valence-corrected chi connectivity index (χ4v) is 3.45. The molecule has 4 nitrogen and oxygen atoms in total. The maximum Gasteiger partial charge on any atom is 0.216 e. The molecule has 0 aliphatic heterocycles. The van der Waals surface area contributed by atoms with Gasteiger partial charge in [0.2, 0.25) is 10.0 Å². The zero-order valence-electron chi connectivity index (χ0n) is 12.1. The fraction of sp³-hybridized carbons (Fsp3) is 0.250. The van der Waals surface area contributed by atoms with Crippen LogP contribution in [0.25, 0.3) is 0 Å². The van der Waals surface area contributed by atoms with Crippen molar-refractivity contribution < 1.29 is 13.2 Å². The van der Waals surface area contributed by atoms with Gasteiger partial charge in [-0.2, -0.15) is 0 Å². The first-order valence-electron chi connectivity index (χ1n) is 6.68. The average molecular weight is 305 g/mol. The van der Waals surface area contributed by atoms with Gasteiger partial charge in [-0.05, 0) is 30.2 Å². The summed E-state index contributed by atoms with van der Waals surface area (Å²) in [5, 5.41) is 0. The topological polar surface area (TPSA) is 55.4 Å². The third-order valence-corrected chi connectivity index (χ3v) is 4.60. The Morgan fingerprint density at radius 1 is 1.05 bits per heavy atom. The van der Waals surface area contributed by atoms with Crippen LogP contribution in [0.3, 0.4) is 0 Å². The van der Waals surface area contributed by atoms with Crippen molar-refractivity contribution >= 4 is 10.0 Å². The van der Waals surface area contributed by atoms with E-state index in [1.807, 2.05) is 49.4 Å². The largest absolute Gasteiger partial charge is 0.497 e. The van der Waals surface area contributed by atoms with Gasteiger partial charge in [0.15, 0.2) is 0 Å². The second-order valence-corrected chi connectivity index (χ2v) is 6.61. The van der Waals surface area contributed by atoms with Crippen LogP contribution in [0.5, 0.6) is 5.75 Å². The summed E-state index contributed by atoms with van der Waals surface area (Å²) >= 11 is 0. The molecule has 0 heterocycles. The summed E-state index contributed by atoms with van der Waals surface area (Å²) in [6.07, 6.45) is 0. The van der Waals surface area contributed by atoms with Crippen molar-refractivity contribution in [3.63, 3.8) is 0 Å². The number of rotatable bonds is 6. The van der Waals surface area contributed by atoms with E-state index in [2.05, 4.69) is 4.72 Å². The van der Waals surface area contributed by atoms with Gasteiger partial charge in [-0.1, -0.05) is 42.5 Å². The van der Waals surface area contributed by atoms with Gasteiger partial charge >= 0.3 is 0 Å². The van der Waals surface area contributed by atoms with Crippen molar-refractivity contribution in [1.29, 1.82) is 0 Å². The highest BCUT2D eigenvalue weighted by atomic mass is 32.2. The molecule has 112 valence electrons. The first-order valence-corrected chi connectivity index (χ1v) is 8.33. The summed E-state index contributed by atoms with van der Waals surface area (Å²) < 4.78 is 32.1. The third-order valence-electron chi connectivity index (χ3n) is 3.17. The second-order valence-electron chi connectivity index (χ2n) is 4.86. The van der Waals surface area contributed by atoms with Crippen molar-refractivity contribution in [3.8, 4) is 5.75 Å². The van der Waals surface area contributed by atoms with Crippen LogP contribution in [0, 0.1) is 0 Å². The molecule has 1 N–H and O–H groups in total. The van der Waals surface area contributed by atoms with E-state index >= 15 is 0 Å². The minimum Gasteiger partial charge on any atom is -0.497 e. The Kier molecular flexibility index (Phi) is 4.98. The first-order chi connectivity index (χ1) is 10.00. The molecule has 21 heavy (non-hydrogen) atoms. The van der Waals surface area contributed by atoms with Crippen LogP contribution in [0.2, 0.25) is 0 Å². The lowest BCUT2D eigenvalue weighted by molar-refractivity contribution is 0.414. The lowest BCUT2D eigenvalue weighted by Crippen LogP contribution is -2.28. The maximum absolute atomic E-state index is 12.2. The summed E-state index contributed by atoms with van der Waals surface area (Å²) in [4.78, 5) is 0. The number of nitrogens with one attached hydrogen (secondary N) is 1. The summed E-state index contributed by atoms with van der Waals surface area (Å²) in [7, 11) is -1.78. The Morgan fingerprint density at radius 3 is 2.24 bits per heavy atom. The molecule has 0 unspecified atom stereocenters. The molecule has 0 fully saturated rings. The van der Waals surface area contributed by atoms with Gasteiger partial charge < -0.3 is 4.74 Å². The zero-order chi connectivity index (χ0) is 15.3. The van der Waals surface area contributed by atoms with E-state index < -0.39 is 10.0 Å².